The molecule has 1 N–H and O–H groups in total. The molecule has 1 aromatic rings. The molecule has 112 valence electrons. The van der Waals surface area contributed by atoms with Gasteiger partial charge in [0.25, 0.3) is 11.8 Å². The third-order valence-electron chi connectivity index (χ3n) is 3.34. The molecule has 2 rings (SSSR count). The standard InChI is InChI=1S/C15H18N2O4/c1-15(2,3)7-9(14(20)21)8-17-12(18)10-5-4-6-16-11(10)13(17)19/h4-6,9H,7-8H2,1-3H3,(H,20,21). The molecular weight excluding hydrogens is 272 g/mol. The van der Waals surface area contributed by atoms with Gasteiger partial charge in [-0.05, 0) is 24.0 Å². The first-order valence-corrected chi connectivity index (χ1v) is 6.75. The number of amides is 2. The molecule has 0 aromatic carbocycles. The molecule has 0 fully saturated rings. The van der Waals surface area contributed by atoms with E-state index in [2.05, 4.69) is 4.98 Å². The molecule has 1 unspecified atom stereocenters. The Morgan fingerprint density at radius 2 is 2.00 bits per heavy atom. The first-order chi connectivity index (χ1) is 9.70. The second-order valence-electron chi connectivity index (χ2n) is 6.42. The molecule has 0 spiro atoms. The molecule has 1 aliphatic rings. The summed E-state index contributed by atoms with van der Waals surface area (Å²) in [5.41, 5.74) is 0.129. The zero-order valence-electron chi connectivity index (χ0n) is 12.3. The van der Waals surface area contributed by atoms with Crippen LogP contribution in [-0.2, 0) is 4.79 Å². The van der Waals surface area contributed by atoms with E-state index in [-0.39, 0.29) is 23.2 Å². The van der Waals surface area contributed by atoms with E-state index in [1.807, 2.05) is 20.8 Å². The lowest BCUT2D eigenvalue weighted by Crippen LogP contribution is -2.38. The molecule has 6 nitrogen and oxygen atoms in total. The summed E-state index contributed by atoms with van der Waals surface area (Å²) in [5.74, 6) is -2.78. The Hall–Kier alpha value is -2.24. The quantitative estimate of drug-likeness (QED) is 0.854. The fourth-order valence-electron chi connectivity index (χ4n) is 2.47. The summed E-state index contributed by atoms with van der Waals surface area (Å²) < 4.78 is 0. The maximum atomic E-state index is 12.2. The highest BCUT2D eigenvalue weighted by Crippen LogP contribution is 2.28. The molecule has 0 aliphatic carbocycles. The van der Waals surface area contributed by atoms with Crippen molar-refractivity contribution in [2.75, 3.05) is 6.54 Å². The number of carboxylic acid groups (broad SMARTS) is 1. The molecule has 0 saturated carbocycles. The molecule has 1 aromatic heterocycles. The Kier molecular flexibility index (Phi) is 3.80. The van der Waals surface area contributed by atoms with Crippen molar-refractivity contribution in [3.63, 3.8) is 0 Å². The van der Waals surface area contributed by atoms with Crippen LogP contribution in [0.4, 0.5) is 0 Å². The highest BCUT2D eigenvalue weighted by molar-refractivity contribution is 6.20. The summed E-state index contributed by atoms with van der Waals surface area (Å²) in [5, 5.41) is 9.32. The first kappa shape index (κ1) is 15.2. The fourth-order valence-corrected chi connectivity index (χ4v) is 2.47. The zero-order valence-corrected chi connectivity index (χ0v) is 12.3. The fraction of sp³-hybridized carbons (Fsp3) is 0.467. The van der Waals surface area contributed by atoms with Gasteiger partial charge < -0.3 is 5.11 Å². The van der Waals surface area contributed by atoms with Crippen LogP contribution in [0.1, 0.15) is 48.0 Å². The van der Waals surface area contributed by atoms with Gasteiger partial charge in [0.15, 0.2) is 0 Å². The second-order valence-corrected chi connectivity index (χ2v) is 6.42. The normalized spacial score (nSPS) is 16.0. The molecular formula is C15H18N2O4. The van der Waals surface area contributed by atoms with Crippen molar-refractivity contribution in [3.8, 4) is 0 Å². The minimum absolute atomic E-state index is 0.0994. The smallest absolute Gasteiger partial charge is 0.308 e. The van der Waals surface area contributed by atoms with Crippen molar-refractivity contribution in [2.45, 2.75) is 27.2 Å². The van der Waals surface area contributed by atoms with E-state index in [0.29, 0.717) is 6.42 Å². The molecule has 1 aliphatic heterocycles. The molecule has 0 bridgehead atoms. The predicted molar refractivity (Wildman–Crippen MR) is 74.8 cm³/mol. The van der Waals surface area contributed by atoms with Gasteiger partial charge in [-0.3, -0.25) is 24.3 Å². The van der Waals surface area contributed by atoms with Crippen molar-refractivity contribution in [2.24, 2.45) is 11.3 Å². The van der Waals surface area contributed by atoms with E-state index >= 15 is 0 Å². The van der Waals surface area contributed by atoms with Crippen LogP contribution >= 0.6 is 0 Å². The van der Waals surface area contributed by atoms with Crippen LogP contribution in [0, 0.1) is 11.3 Å². The molecule has 6 heteroatoms. The van der Waals surface area contributed by atoms with Crippen molar-refractivity contribution in [1.82, 2.24) is 9.88 Å². The molecule has 2 amide bonds. The van der Waals surface area contributed by atoms with Crippen molar-refractivity contribution in [1.29, 1.82) is 0 Å². The lowest BCUT2D eigenvalue weighted by atomic mass is 9.84. The maximum absolute atomic E-state index is 12.2. The average molecular weight is 290 g/mol. The Morgan fingerprint density at radius 3 is 2.52 bits per heavy atom. The topological polar surface area (TPSA) is 87.6 Å². The van der Waals surface area contributed by atoms with Gasteiger partial charge in [-0.15, -0.1) is 0 Å². The van der Waals surface area contributed by atoms with E-state index in [9.17, 15) is 19.5 Å². The van der Waals surface area contributed by atoms with Gasteiger partial charge in [-0.2, -0.15) is 0 Å². The van der Waals surface area contributed by atoms with Crippen LogP contribution in [0.3, 0.4) is 0 Å². The maximum Gasteiger partial charge on any atom is 0.308 e. The molecule has 0 saturated heterocycles. The number of aromatic nitrogens is 1. The SMILES string of the molecule is CC(C)(C)CC(CN1C(=O)c2cccnc2C1=O)C(=O)O. The van der Waals surface area contributed by atoms with Crippen LogP contribution < -0.4 is 0 Å². The largest absolute Gasteiger partial charge is 0.481 e. The zero-order chi connectivity index (χ0) is 15.8. The number of aliphatic carboxylic acids is 1. The minimum Gasteiger partial charge on any atom is -0.481 e. The van der Waals surface area contributed by atoms with Crippen LogP contribution in [-0.4, -0.2) is 39.3 Å². The van der Waals surface area contributed by atoms with Gasteiger partial charge in [0.2, 0.25) is 0 Å². The van der Waals surface area contributed by atoms with Crippen LogP contribution in [0.2, 0.25) is 0 Å². The number of imide groups is 1. The summed E-state index contributed by atoms with van der Waals surface area (Å²) in [6.45, 7) is 5.65. The molecule has 1 atom stereocenters. The highest BCUT2D eigenvalue weighted by Gasteiger charge is 2.39. The predicted octanol–water partition coefficient (Wildman–Crippen LogP) is 1.81. The number of rotatable bonds is 4. The molecule has 21 heavy (non-hydrogen) atoms. The summed E-state index contributed by atoms with van der Waals surface area (Å²) in [6, 6.07) is 3.11. The van der Waals surface area contributed by atoms with E-state index < -0.39 is 23.7 Å². The van der Waals surface area contributed by atoms with Gasteiger partial charge >= 0.3 is 5.97 Å². The summed E-state index contributed by atoms with van der Waals surface area (Å²) in [4.78, 5) is 40.7. The summed E-state index contributed by atoms with van der Waals surface area (Å²) >= 11 is 0. The van der Waals surface area contributed by atoms with E-state index in [1.54, 1.807) is 6.07 Å². The number of hydrogen-bond acceptors (Lipinski definition) is 4. The molecule has 0 radical (unpaired) electrons. The average Bonchev–Trinajstić information content (AvgIpc) is 2.62. The van der Waals surface area contributed by atoms with E-state index in [1.165, 1.54) is 12.3 Å². The lowest BCUT2D eigenvalue weighted by molar-refractivity contribution is -0.143. The van der Waals surface area contributed by atoms with Crippen molar-refractivity contribution in [3.05, 3.63) is 29.6 Å². The molecule has 2 heterocycles. The van der Waals surface area contributed by atoms with Crippen LogP contribution in [0.25, 0.3) is 0 Å². The Balaban J connectivity index is 2.22. The van der Waals surface area contributed by atoms with Crippen LogP contribution in [0.15, 0.2) is 18.3 Å². The van der Waals surface area contributed by atoms with Gasteiger partial charge in [0.1, 0.15) is 5.69 Å². The first-order valence-electron chi connectivity index (χ1n) is 6.75. The Labute approximate surface area is 122 Å². The van der Waals surface area contributed by atoms with Gasteiger partial charge in [0.05, 0.1) is 11.5 Å². The van der Waals surface area contributed by atoms with Gasteiger partial charge in [-0.25, -0.2) is 0 Å². The van der Waals surface area contributed by atoms with E-state index in [0.717, 1.165) is 4.90 Å². The highest BCUT2D eigenvalue weighted by atomic mass is 16.4. The number of nitrogens with zero attached hydrogens (tertiary/aromatic N) is 2. The second kappa shape index (κ2) is 5.27. The number of carboxylic acids is 1. The Bertz CT molecular complexity index is 569. The number of pyridine rings is 1. The van der Waals surface area contributed by atoms with Gasteiger partial charge in [-0.1, -0.05) is 20.8 Å². The number of hydrogen-bond donors (Lipinski definition) is 1. The van der Waals surface area contributed by atoms with E-state index in [4.69, 9.17) is 0 Å². The summed E-state index contributed by atoms with van der Waals surface area (Å²) in [7, 11) is 0. The van der Waals surface area contributed by atoms with Crippen LogP contribution in [0.5, 0.6) is 0 Å². The number of carbonyl (C=O) groups excluding carboxylic acids is 2. The minimum atomic E-state index is -1.01. The third-order valence-corrected chi connectivity index (χ3v) is 3.34. The van der Waals surface area contributed by atoms with Gasteiger partial charge in [0, 0.05) is 12.7 Å². The number of carbonyl (C=O) groups is 3. The van der Waals surface area contributed by atoms with Crippen molar-refractivity contribution < 1.29 is 19.5 Å². The van der Waals surface area contributed by atoms with Crippen molar-refractivity contribution >= 4 is 17.8 Å². The summed E-state index contributed by atoms with van der Waals surface area (Å²) in [6.07, 6.45) is 1.82. The third kappa shape index (κ3) is 3.09. The Morgan fingerprint density at radius 1 is 1.33 bits per heavy atom. The lowest BCUT2D eigenvalue weighted by Gasteiger charge is -2.25. The number of fused-ring (bicyclic) bond motifs is 1. The monoisotopic (exact) mass is 290 g/mol.